The van der Waals surface area contributed by atoms with Crippen LogP contribution in [-0.4, -0.2) is 23.8 Å². The van der Waals surface area contributed by atoms with Gasteiger partial charge in [0.25, 0.3) is 0 Å². The van der Waals surface area contributed by atoms with Gasteiger partial charge in [-0.05, 0) is 25.0 Å². The molecule has 0 unspecified atom stereocenters. The Morgan fingerprint density at radius 1 is 1.50 bits per heavy atom. The molecule has 0 aliphatic carbocycles. The second kappa shape index (κ2) is 5.21. The van der Waals surface area contributed by atoms with E-state index in [2.05, 4.69) is 21.7 Å². The third kappa shape index (κ3) is 3.05. The molecular formula is C10H16N4. The fourth-order valence-corrected chi connectivity index (χ4v) is 1.13. The average molecular weight is 192 g/mol. The van der Waals surface area contributed by atoms with E-state index in [0.717, 1.165) is 25.2 Å². The van der Waals surface area contributed by atoms with Gasteiger partial charge < -0.3 is 10.6 Å². The van der Waals surface area contributed by atoms with Gasteiger partial charge in [0.05, 0.1) is 0 Å². The lowest BCUT2D eigenvalue weighted by Gasteiger charge is -2.16. The maximum absolute atomic E-state index is 5.44. The van der Waals surface area contributed by atoms with Crippen LogP contribution < -0.4 is 10.6 Å². The van der Waals surface area contributed by atoms with Crippen molar-refractivity contribution in [1.29, 1.82) is 0 Å². The van der Waals surface area contributed by atoms with E-state index in [0.29, 0.717) is 5.82 Å². The number of nitrogens with two attached hydrogens (primary N) is 1. The summed E-state index contributed by atoms with van der Waals surface area (Å²) in [7, 11) is 1.99. The third-order valence-corrected chi connectivity index (χ3v) is 1.96. The van der Waals surface area contributed by atoms with Gasteiger partial charge >= 0.3 is 0 Å². The van der Waals surface area contributed by atoms with Crippen LogP contribution in [0, 0.1) is 0 Å². The molecule has 0 saturated heterocycles. The van der Waals surface area contributed by atoms with Crippen LogP contribution in [0.4, 0.5) is 11.6 Å². The number of unbranched alkanes of at least 4 members (excludes halogenated alkanes) is 1. The number of hydrogen-bond donors (Lipinski definition) is 1. The van der Waals surface area contributed by atoms with Gasteiger partial charge in [-0.15, -0.1) is 16.8 Å². The van der Waals surface area contributed by atoms with Crippen LogP contribution in [0.25, 0.3) is 0 Å². The first kappa shape index (κ1) is 10.5. The molecule has 0 aromatic carbocycles. The molecule has 76 valence electrons. The summed E-state index contributed by atoms with van der Waals surface area (Å²) in [6, 6.07) is 3.63. The van der Waals surface area contributed by atoms with Gasteiger partial charge in [-0.1, -0.05) is 6.08 Å². The minimum absolute atomic E-state index is 0.452. The van der Waals surface area contributed by atoms with Crippen molar-refractivity contribution in [2.24, 2.45) is 0 Å². The summed E-state index contributed by atoms with van der Waals surface area (Å²) in [5, 5.41) is 7.78. The SMILES string of the molecule is C=CCCCN(C)c1ccc(N)nn1. The zero-order valence-electron chi connectivity index (χ0n) is 8.48. The topological polar surface area (TPSA) is 55.0 Å². The van der Waals surface area contributed by atoms with Crippen LogP contribution in [0.3, 0.4) is 0 Å². The second-order valence-corrected chi connectivity index (χ2v) is 3.17. The first-order valence-electron chi connectivity index (χ1n) is 4.65. The van der Waals surface area contributed by atoms with E-state index >= 15 is 0 Å². The molecule has 0 bridgehead atoms. The molecule has 0 fully saturated rings. The molecule has 0 spiro atoms. The van der Waals surface area contributed by atoms with Crippen molar-refractivity contribution < 1.29 is 0 Å². The van der Waals surface area contributed by atoms with E-state index in [1.54, 1.807) is 6.07 Å². The number of rotatable bonds is 5. The van der Waals surface area contributed by atoms with E-state index in [9.17, 15) is 0 Å². The predicted octanol–water partition coefficient (Wildman–Crippen LogP) is 1.46. The number of aromatic nitrogens is 2. The number of allylic oxidation sites excluding steroid dienone is 1. The van der Waals surface area contributed by atoms with Crippen molar-refractivity contribution in [3.63, 3.8) is 0 Å². The van der Waals surface area contributed by atoms with Gasteiger partial charge in [0.1, 0.15) is 5.82 Å². The predicted molar refractivity (Wildman–Crippen MR) is 59.1 cm³/mol. The van der Waals surface area contributed by atoms with Crippen molar-refractivity contribution in [3.05, 3.63) is 24.8 Å². The number of anilines is 2. The highest BCUT2D eigenvalue weighted by atomic mass is 15.3. The van der Waals surface area contributed by atoms with Crippen LogP contribution in [-0.2, 0) is 0 Å². The van der Waals surface area contributed by atoms with E-state index in [-0.39, 0.29) is 0 Å². The van der Waals surface area contributed by atoms with Crippen molar-refractivity contribution in [1.82, 2.24) is 10.2 Å². The molecule has 0 radical (unpaired) electrons. The first-order valence-corrected chi connectivity index (χ1v) is 4.65. The lowest BCUT2D eigenvalue weighted by atomic mass is 10.3. The zero-order valence-corrected chi connectivity index (χ0v) is 8.48. The molecule has 1 rings (SSSR count). The maximum Gasteiger partial charge on any atom is 0.151 e. The van der Waals surface area contributed by atoms with Crippen molar-refractivity contribution in [2.45, 2.75) is 12.8 Å². The zero-order chi connectivity index (χ0) is 10.4. The fourth-order valence-electron chi connectivity index (χ4n) is 1.13. The summed E-state index contributed by atoms with van der Waals surface area (Å²) in [5.41, 5.74) is 5.44. The summed E-state index contributed by atoms with van der Waals surface area (Å²) in [6.45, 7) is 4.63. The van der Waals surface area contributed by atoms with Gasteiger partial charge in [0, 0.05) is 13.6 Å². The largest absolute Gasteiger partial charge is 0.382 e. The second-order valence-electron chi connectivity index (χ2n) is 3.17. The highest BCUT2D eigenvalue weighted by Crippen LogP contribution is 2.08. The van der Waals surface area contributed by atoms with Crippen LogP contribution in [0.1, 0.15) is 12.8 Å². The Kier molecular flexibility index (Phi) is 3.91. The molecule has 4 nitrogen and oxygen atoms in total. The Hall–Kier alpha value is -1.58. The van der Waals surface area contributed by atoms with Gasteiger partial charge in [-0.25, -0.2) is 0 Å². The number of nitrogens with zero attached hydrogens (tertiary/aromatic N) is 3. The minimum Gasteiger partial charge on any atom is -0.382 e. The fraction of sp³-hybridized carbons (Fsp3) is 0.400. The standard InChI is InChI=1S/C10H16N4/c1-3-4-5-8-14(2)10-7-6-9(11)12-13-10/h3,6-7H,1,4-5,8H2,2H3,(H2,11,12). The first-order chi connectivity index (χ1) is 6.74. The summed E-state index contributed by atoms with van der Waals surface area (Å²) >= 11 is 0. The monoisotopic (exact) mass is 192 g/mol. The van der Waals surface area contributed by atoms with Gasteiger partial charge in [-0.2, -0.15) is 0 Å². The van der Waals surface area contributed by atoms with E-state index in [1.165, 1.54) is 0 Å². The average Bonchev–Trinajstić information content (AvgIpc) is 2.19. The van der Waals surface area contributed by atoms with Crippen LogP contribution in [0.15, 0.2) is 24.8 Å². The number of nitrogen functional groups attached to an aromatic ring is 1. The molecular weight excluding hydrogens is 176 g/mol. The molecule has 0 aliphatic rings. The quantitative estimate of drug-likeness (QED) is 0.567. The highest BCUT2D eigenvalue weighted by molar-refractivity contribution is 5.40. The molecule has 1 heterocycles. The molecule has 2 N–H and O–H groups in total. The Balaban J connectivity index is 2.47. The van der Waals surface area contributed by atoms with E-state index < -0.39 is 0 Å². The van der Waals surface area contributed by atoms with E-state index in [4.69, 9.17) is 5.73 Å². The van der Waals surface area contributed by atoms with Gasteiger partial charge in [-0.3, -0.25) is 0 Å². The van der Waals surface area contributed by atoms with Gasteiger partial charge in [0.15, 0.2) is 5.82 Å². The molecule has 1 aromatic heterocycles. The molecule has 4 heteroatoms. The van der Waals surface area contributed by atoms with Crippen LogP contribution in [0.2, 0.25) is 0 Å². The molecule has 0 saturated carbocycles. The Morgan fingerprint density at radius 3 is 2.86 bits per heavy atom. The van der Waals surface area contributed by atoms with Crippen molar-refractivity contribution in [2.75, 3.05) is 24.2 Å². The molecule has 14 heavy (non-hydrogen) atoms. The lowest BCUT2D eigenvalue weighted by Crippen LogP contribution is -2.19. The Labute approximate surface area is 84.4 Å². The molecule has 0 aliphatic heterocycles. The molecule has 0 atom stereocenters. The highest BCUT2D eigenvalue weighted by Gasteiger charge is 2.01. The van der Waals surface area contributed by atoms with Gasteiger partial charge in [0.2, 0.25) is 0 Å². The van der Waals surface area contributed by atoms with Crippen molar-refractivity contribution >= 4 is 11.6 Å². The third-order valence-electron chi connectivity index (χ3n) is 1.96. The molecule has 1 aromatic rings. The maximum atomic E-state index is 5.44. The summed E-state index contributed by atoms with van der Waals surface area (Å²) in [6.07, 6.45) is 4.02. The van der Waals surface area contributed by atoms with Crippen molar-refractivity contribution in [3.8, 4) is 0 Å². The number of hydrogen-bond acceptors (Lipinski definition) is 4. The minimum atomic E-state index is 0.452. The van der Waals surface area contributed by atoms with Crippen LogP contribution >= 0.6 is 0 Å². The normalized spacial score (nSPS) is 9.79. The summed E-state index contributed by atoms with van der Waals surface area (Å²) in [5.74, 6) is 1.30. The lowest BCUT2D eigenvalue weighted by molar-refractivity contribution is 0.783. The smallest absolute Gasteiger partial charge is 0.151 e. The summed E-state index contributed by atoms with van der Waals surface area (Å²) < 4.78 is 0. The van der Waals surface area contributed by atoms with Crippen LogP contribution in [0.5, 0.6) is 0 Å². The Morgan fingerprint density at radius 2 is 2.29 bits per heavy atom. The molecule has 0 amide bonds. The Bertz CT molecular complexity index is 281. The van der Waals surface area contributed by atoms with E-state index in [1.807, 2.05) is 19.2 Å². The summed E-state index contributed by atoms with van der Waals surface area (Å²) in [4.78, 5) is 2.05.